The molecule has 1 atom stereocenters. The number of hydrogen-bond acceptors (Lipinski definition) is 5. The van der Waals surface area contributed by atoms with Crippen LogP contribution < -0.4 is 5.32 Å². The molecule has 150 valence electrons. The average molecular weight is 407 g/mol. The number of benzene rings is 1. The summed E-state index contributed by atoms with van der Waals surface area (Å²) in [6, 6.07) is 12.1. The molecule has 1 saturated heterocycles. The quantitative estimate of drug-likeness (QED) is 0.626. The first-order valence-corrected chi connectivity index (χ1v) is 11.0. The molecule has 0 spiro atoms. The standard InChI is InChI=1S/C23H26N4OS/c1-3-17-8-10-18(11-9-17)22(28)26-23-25-20(15-29-23)21-7-5-13-27(21)14-19-16(2)6-4-12-24-19/h4,6,8-12,15,21H,3,5,7,13-14H2,1-2H3,(H,25,26,28)/t21-/m0/s1. The van der Waals surface area contributed by atoms with E-state index in [9.17, 15) is 4.79 Å². The lowest BCUT2D eigenvalue weighted by molar-refractivity contribution is 0.102. The largest absolute Gasteiger partial charge is 0.298 e. The molecule has 3 heterocycles. The lowest BCUT2D eigenvalue weighted by Crippen LogP contribution is -2.24. The predicted molar refractivity (Wildman–Crippen MR) is 117 cm³/mol. The summed E-state index contributed by atoms with van der Waals surface area (Å²) in [5.74, 6) is -0.110. The molecule has 3 aromatic rings. The number of nitrogens with one attached hydrogen (secondary N) is 1. The van der Waals surface area contributed by atoms with Crippen LogP contribution >= 0.6 is 11.3 Å². The topological polar surface area (TPSA) is 58.1 Å². The zero-order chi connectivity index (χ0) is 20.2. The van der Waals surface area contributed by atoms with Gasteiger partial charge >= 0.3 is 0 Å². The highest BCUT2D eigenvalue weighted by Gasteiger charge is 2.28. The third-order valence-electron chi connectivity index (χ3n) is 5.54. The number of hydrogen-bond donors (Lipinski definition) is 1. The number of aryl methyl sites for hydroxylation is 2. The van der Waals surface area contributed by atoms with Crippen LogP contribution in [0.15, 0.2) is 48.0 Å². The summed E-state index contributed by atoms with van der Waals surface area (Å²) < 4.78 is 0. The molecule has 0 aliphatic carbocycles. The molecule has 0 bridgehead atoms. The minimum atomic E-state index is -0.110. The van der Waals surface area contributed by atoms with E-state index < -0.39 is 0 Å². The molecule has 1 amide bonds. The van der Waals surface area contributed by atoms with E-state index in [1.54, 1.807) is 0 Å². The summed E-state index contributed by atoms with van der Waals surface area (Å²) in [6.07, 6.45) is 5.06. The van der Waals surface area contributed by atoms with E-state index in [2.05, 4.69) is 40.5 Å². The third kappa shape index (κ3) is 4.54. The van der Waals surface area contributed by atoms with Crippen LogP contribution in [0, 0.1) is 6.92 Å². The number of anilines is 1. The van der Waals surface area contributed by atoms with Crippen LogP contribution in [0.3, 0.4) is 0 Å². The van der Waals surface area contributed by atoms with Gasteiger partial charge in [0.05, 0.1) is 17.4 Å². The average Bonchev–Trinajstić information content (AvgIpc) is 3.39. The number of amides is 1. The van der Waals surface area contributed by atoms with Gasteiger partial charge in [-0.15, -0.1) is 11.3 Å². The Morgan fingerprint density at radius 2 is 2.10 bits per heavy atom. The van der Waals surface area contributed by atoms with Gasteiger partial charge in [0.1, 0.15) is 0 Å². The van der Waals surface area contributed by atoms with Gasteiger partial charge in [0.25, 0.3) is 5.91 Å². The van der Waals surface area contributed by atoms with Gasteiger partial charge in [0, 0.05) is 23.7 Å². The molecule has 1 fully saturated rings. The van der Waals surface area contributed by atoms with E-state index in [4.69, 9.17) is 4.98 Å². The van der Waals surface area contributed by atoms with E-state index >= 15 is 0 Å². The Morgan fingerprint density at radius 1 is 1.28 bits per heavy atom. The lowest BCUT2D eigenvalue weighted by Gasteiger charge is -2.23. The van der Waals surface area contributed by atoms with Gasteiger partial charge in [-0.25, -0.2) is 4.98 Å². The summed E-state index contributed by atoms with van der Waals surface area (Å²) in [7, 11) is 0. The molecule has 29 heavy (non-hydrogen) atoms. The van der Waals surface area contributed by atoms with E-state index in [1.165, 1.54) is 22.5 Å². The van der Waals surface area contributed by atoms with E-state index in [1.807, 2.05) is 36.5 Å². The molecule has 0 radical (unpaired) electrons. The van der Waals surface area contributed by atoms with Crippen molar-refractivity contribution in [3.63, 3.8) is 0 Å². The summed E-state index contributed by atoms with van der Waals surface area (Å²) in [6.45, 7) is 6.09. The summed E-state index contributed by atoms with van der Waals surface area (Å²) in [5.41, 5.74) is 5.27. The number of rotatable bonds is 6. The second-order valence-corrected chi connectivity index (χ2v) is 8.34. The highest BCUT2D eigenvalue weighted by molar-refractivity contribution is 7.14. The Kier molecular flexibility index (Phi) is 6.02. The van der Waals surface area contributed by atoms with E-state index in [0.29, 0.717) is 10.7 Å². The van der Waals surface area contributed by atoms with Crippen LogP contribution in [0.25, 0.3) is 0 Å². The first kappa shape index (κ1) is 19.7. The van der Waals surface area contributed by atoms with Crippen molar-refractivity contribution in [2.24, 2.45) is 0 Å². The molecule has 2 aromatic heterocycles. The second-order valence-electron chi connectivity index (χ2n) is 7.48. The van der Waals surface area contributed by atoms with Crippen LogP contribution in [0.5, 0.6) is 0 Å². The van der Waals surface area contributed by atoms with Crippen molar-refractivity contribution < 1.29 is 4.79 Å². The molecule has 1 aliphatic heterocycles. The number of aromatic nitrogens is 2. The normalized spacial score (nSPS) is 16.8. The Morgan fingerprint density at radius 3 is 2.86 bits per heavy atom. The fourth-order valence-corrected chi connectivity index (χ4v) is 4.54. The van der Waals surface area contributed by atoms with E-state index in [-0.39, 0.29) is 11.9 Å². The van der Waals surface area contributed by atoms with Crippen LogP contribution in [0.2, 0.25) is 0 Å². The predicted octanol–water partition coefficient (Wildman–Crippen LogP) is 5.00. The molecular weight excluding hydrogens is 380 g/mol. The molecule has 1 aliphatic rings. The molecule has 0 unspecified atom stereocenters. The van der Waals surface area contributed by atoms with Gasteiger partial charge in [-0.3, -0.25) is 20.0 Å². The number of likely N-dealkylation sites (tertiary alicyclic amines) is 1. The molecule has 1 aromatic carbocycles. The molecule has 4 rings (SSSR count). The Balaban J connectivity index is 1.43. The first-order chi connectivity index (χ1) is 14.1. The Labute approximate surface area is 175 Å². The minimum Gasteiger partial charge on any atom is -0.298 e. The van der Waals surface area contributed by atoms with Gasteiger partial charge < -0.3 is 0 Å². The summed E-state index contributed by atoms with van der Waals surface area (Å²) in [5, 5.41) is 5.68. The molecule has 1 N–H and O–H groups in total. The van der Waals surface area contributed by atoms with Gasteiger partial charge in [0.2, 0.25) is 0 Å². The van der Waals surface area contributed by atoms with Gasteiger partial charge in [-0.1, -0.05) is 25.1 Å². The molecular formula is C23H26N4OS. The number of nitrogens with zero attached hydrogens (tertiary/aromatic N) is 3. The number of carbonyl (C=O) groups is 1. The van der Waals surface area contributed by atoms with Crippen molar-refractivity contribution >= 4 is 22.4 Å². The maximum atomic E-state index is 12.5. The maximum absolute atomic E-state index is 12.5. The number of pyridine rings is 1. The highest BCUT2D eigenvalue weighted by atomic mass is 32.1. The zero-order valence-corrected chi connectivity index (χ0v) is 17.7. The minimum absolute atomic E-state index is 0.110. The van der Waals surface area contributed by atoms with Crippen molar-refractivity contribution in [1.29, 1.82) is 0 Å². The van der Waals surface area contributed by atoms with Crippen LogP contribution in [0.4, 0.5) is 5.13 Å². The zero-order valence-electron chi connectivity index (χ0n) is 16.9. The monoisotopic (exact) mass is 406 g/mol. The van der Waals surface area contributed by atoms with Crippen molar-refractivity contribution in [2.75, 3.05) is 11.9 Å². The number of thiazole rings is 1. The SMILES string of the molecule is CCc1ccc(C(=O)Nc2nc([C@@H]3CCCN3Cc3ncccc3C)cs2)cc1. The summed E-state index contributed by atoms with van der Waals surface area (Å²) >= 11 is 1.49. The van der Waals surface area contributed by atoms with Crippen LogP contribution in [0.1, 0.15) is 58.7 Å². The molecule has 5 nitrogen and oxygen atoms in total. The van der Waals surface area contributed by atoms with Gasteiger partial charge in [-0.2, -0.15) is 0 Å². The van der Waals surface area contributed by atoms with Crippen LogP contribution in [-0.2, 0) is 13.0 Å². The Bertz CT molecular complexity index is 983. The Hall–Kier alpha value is -2.57. The first-order valence-electron chi connectivity index (χ1n) is 10.1. The van der Waals surface area contributed by atoms with Crippen molar-refractivity contribution in [3.05, 3.63) is 76.1 Å². The molecule has 6 heteroatoms. The van der Waals surface area contributed by atoms with Gasteiger partial charge in [-0.05, 0) is 62.1 Å². The molecule has 0 saturated carbocycles. The van der Waals surface area contributed by atoms with Crippen molar-refractivity contribution in [1.82, 2.24) is 14.9 Å². The van der Waals surface area contributed by atoms with Crippen molar-refractivity contribution in [2.45, 2.75) is 45.7 Å². The smallest absolute Gasteiger partial charge is 0.257 e. The fraction of sp³-hybridized carbons (Fsp3) is 0.348. The summed E-state index contributed by atoms with van der Waals surface area (Å²) in [4.78, 5) is 24.2. The van der Waals surface area contributed by atoms with Crippen molar-refractivity contribution in [3.8, 4) is 0 Å². The second kappa shape index (κ2) is 8.84. The highest BCUT2D eigenvalue weighted by Crippen LogP contribution is 2.34. The third-order valence-corrected chi connectivity index (χ3v) is 6.32. The fourth-order valence-electron chi connectivity index (χ4n) is 3.78. The number of carbonyl (C=O) groups excluding carboxylic acids is 1. The van der Waals surface area contributed by atoms with Crippen LogP contribution in [-0.4, -0.2) is 27.3 Å². The van der Waals surface area contributed by atoms with E-state index in [0.717, 1.165) is 43.7 Å². The lowest BCUT2D eigenvalue weighted by atomic mass is 10.1. The van der Waals surface area contributed by atoms with Gasteiger partial charge in [0.15, 0.2) is 5.13 Å². The maximum Gasteiger partial charge on any atom is 0.257 e.